The third-order valence-electron chi connectivity index (χ3n) is 3.64. The second kappa shape index (κ2) is 7.40. The molecule has 0 bridgehead atoms. The Morgan fingerprint density at radius 3 is 2.50 bits per heavy atom. The number of carbonyl (C=O) groups is 2. The van der Waals surface area contributed by atoms with E-state index in [0.717, 1.165) is 0 Å². The zero-order valence-electron chi connectivity index (χ0n) is 12.0. The number of nitrogens with one attached hydrogen (secondary N) is 1. The fourth-order valence-electron chi connectivity index (χ4n) is 2.40. The van der Waals surface area contributed by atoms with Crippen LogP contribution in [0.3, 0.4) is 0 Å². The smallest absolute Gasteiger partial charge is 0.328 e. The second-order valence-corrected chi connectivity index (χ2v) is 5.38. The minimum Gasteiger partial charge on any atom is -0.467 e. The van der Waals surface area contributed by atoms with Crippen LogP contribution in [-0.2, 0) is 14.3 Å². The monoisotopic (exact) mass is 285 g/mol. The molecule has 20 heavy (non-hydrogen) atoms. The molecule has 0 radical (unpaired) electrons. The molecule has 6 heteroatoms. The highest BCUT2D eigenvalue weighted by atomic mass is 16.5. The van der Waals surface area contributed by atoms with E-state index in [4.69, 9.17) is 0 Å². The van der Waals surface area contributed by atoms with Gasteiger partial charge in [-0.15, -0.1) is 0 Å². The lowest BCUT2D eigenvalue weighted by Gasteiger charge is -2.31. The molecule has 6 nitrogen and oxygen atoms in total. The number of hydrogen-bond donors (Lipinski definition) is 3. The lowest BCUT2D eigenvalue weighted by Crippen LogP contribution is -2.44. The van der Waals surface area contributed by atoms with Gasteiger partial charge < -0.3 is 20.3 Å². The minimum atomic E-state index is -0.774. The van der Waals surface area contributed by atoms with Crippen molar-refractivity contribution in [2.75, 3.05) is 7.11 Å². The normalized spacial score (nSPS) is 27.5. The molecule has 1 aliphatic rings. The number of methoxy groups -OCH3 is 1. The molecule has 0 aromatic carbocycles. The lowest BCUT2D eigenvalue weighted by atomic mass is 9.81. The van der Waals surface area contributed by atoms with Gasteiger partial charge in [0.15, 0.2) is 0 Å². The maximum absolute atomic E-state index is 11.7. The summed E-state index contributed by atoms with van der Waals surface area (Å²) >= 11 is 0. The molecule has 1 saturated carbocycles. The van der Waals surface area contributed by atoms with Crippen molar-refractivity contribution in [1.82, 2.24) is 5.32 Å². The first-order chi connectivity index (χ1) is 9.35. The van der Waals surface area contributed by atoms with E-state index in [1.807, 2.05) is 0 Å². The van der Waals surface area contributed by atoms with Crippen molar-refractivity contribution in [2.45, 2.75) is 50.9 Å². The average Bonchev–Trinajstić information content (AvgIpc) is 2.40. The molecule has 1 amide bonds. The van der Waals surface area contributed by atoms with Crippen molar-refractivity contribution in [3.8, 4) is 0 Å². The molecule has 0 saturated heterocycles. The van der Waals surface area contributed by atoms with Crippen LogP contribution in [0.15, 0.2) is 12.2 Å². The molecule has 1 rings (SSSR count). The predicted molar refractivity (Wildman–Crippen MR) is 72.7 cm³/mol. The number of esters is 1. The molecule has 0 heterocycles. The molecule has 0 aromatic rings. The third kappa shape index (κ3) is 4.61. The molecule has 0 aromatic heterocycles. The Labute approximate surface area is 118 Å². The van der Waals surface area contributed by atoms with Crippen molar-refractivity contribution < 1.29 is 24.5 Å². The highest BCUT2D eigenvalue weighted by Gasteiger charge is 2.32. The van der Waals surface area contributed by atoms with Crippen molar-refractivity contribution in [3.05, 3.63) is 12.2 Å². The first-order valence-corrected chi connectivity index (χ1v) is 6.75. The molecular formula is C14H23NO5. The van der Waals surface area contributed by atoms with Crippen molar-refractivity contribution in [2.24, 2.45) is 5.92 Å². The van der Waals surface area contributed by atoms with Gasteiger partial charge in [0.2, 0.25) is 5.91 Å². The van der Waals surface area contributed by atoms with Crippen LogP contribution in [0.1, 0.15) is 32.6 Å². The van der Waals surface area contributed by atoms with E-state index in [2.05, 4.69) is 16.6 Å². The summed E-state index contributed by atoms with van der Waals surface area (Å²) in [6.45, 7) is 5.08. The van der Waals surface area contributed by atoms with Crippen LogP contribution in [0.4, 0.5) is 0 Å². The summed E-state index contributed by atoms with van der Waals surface area (Å²) in [6, 6.07) is -0.753. The van der Waals surface area contributed by atoms with Gasteiger partial charge in [0.25, 0.3) is 0 Å². The number of amides is 1. The van der Waals surface area contributed by atoms with Crippen molar-refractivity contribution >= 4 is 11.9 Å². The van der Waals surface area contributed by atoms with Gasteiger partial charge in [-0.1, -0.05) is 6.58 Å². The molecule has 4 unspecified atom stereocenters. The topological polar surface area (TPSA) is 95.9 Å². The Morgan fingerprint density at radius 2 is 2.00 bits per heavy atom. The van der Waals surface area contributed by atoms with Crippen LogP contribution < -0.4 is 5.32 Å². The zero-order chi connectivity index (χ0) is 15.3. The SMILES string of the molecule is C=C(C)C(=O)NC(CC1CCC(O)C(O)C1)C(=O)OC. The molecule has 0 spiro atoms. The van der Waals surface area contributed by atoms with Gasteiger partial charge in [0, 0.05) is 5.57 Å². The highest BCUT2D eigenvalue weighted by Crippen LogP contribution is 2.28. The Kier molecular flexibility index (Phi) is 6.16. The van der Waals surface area contributed by atoms with Gasteiger partial charge in [0.1, 0.15) is 6.04 Å². The average molecular weight is 285 g/mol. The third-order valence-corrected chi connectivity index (χ3v) is 3.64. The fourth-order valence-corrected chi connectivity index (χ4v) is 2.40. The number of aliphatic hydroxyl groups is 2. The first kappa shape index (κ1) is 16.7. The standard InChI is InChI=1S/C14H23NO5/c1-8(2)13(18)15-10(14(19)20-3)6-9-4-5-11(16)12(17)7-9/h9-12,16-17H,1,4-7H2,2-3H3,(H,15,18). The Balaban J connectivity index is 2.63. The second-order valence-electron chi connectivity index (χ2n) is 5.38. The van der Waals surface area contributed by atoms with E-state index in [0.29, 0.717) is 31.3 Å². The van der Waals surface area contributed by atoms with Crippen LogP contribution >= 0.6 is 0 Å². The summed E-state index contributed by atoms with van der Waals surface area (Å²) in [4.78, 5) is 23.3. The number of carbonyl (C=O) groups excluding carboxylic acids is 2. The highest BCUT2D eigenvalue weighted by molar-refractivity contribution is 5.95. The Morgan fingerprint density at radius 1 is 1.35 bits per heavy atom. The van der Waals surface area contributed by atoms with Crippen LogP contribution in [-0.4, -0.2) is 47.4 Å². The van der Waals surface area contributed by atoms with E-state index >= 15 is 0 Å². The fraction of sp³-hybridized carbons (Fsp3) is 0.714. The van der Waals surface area contributed by atoms with Crippen LogP contribution in [0, 0.1) is 5.92 Å². The molecule has 1 aliphatic carbocycles. The van der Waals surface area contributed by atoms with Crippen molar-refractivity contribution in [3.63, 3.8) is 0 Å². The first-order valence-electron chi connectivity index (χ1n) is 6.75. The Bertz CT molecular complexity index is 382. The summed E-state index contributed by atoms with van der Waals surface area (Å²) in [6.07, 6.45) is 0.521. The lowest BCUT2D eigenvalue weighted by molar-refractivity contribution is -0.145. The van der Waals surface area contributed by atoms with E-state index in [9.17, 15) is 19.8 Å². The summed E-state index contributed by atoms with van der Waals surface area (Å²) < 4.78 is 4.69. The van der Waals surface area contributed by atoms with Gasteiger partial charge in [0.05, 0.1) is 19.3 Å². The number of ether oxygens (including phenoxy) is 1. The largest absolute Gasteiger partial charge is 0.467 e. The van der Waals surface area contributed by atoms with Crippen LogP contribution in [0.25, 0.3) is 0 Å². The molecule has 4 atom stereocenters. The van der Waals surface area contributed by atoms with Gasteiger partial charge in [-0.2, -0.15) is 0 Å². The van der Waals surface area contributed by atoms with Crippen LogP contribution in [0.2, 0.25) is 0 Å². The van der Waals surface area contributed by atoms with Gasteiger partial charge in [-0.25, -0.2) is 4.79 Å². The van der Waals surface area contributed by atoms with E-state index in [1.165, 1.54) is 7.11 Å². The van der Waals surface area contributed by atoms with E-state index < -0.39 is 30.1 Å². The number of hydrogen-bond acceptors (Lipinski definition) is 5. The van der Waals surface area contributed by atoms with Crippen LogP contribution in [0.5, 0.6) is 0 Å². The number of rotatable bonds is 5. The van der Waals surface area contributed by atoms with Gasteiger partial charge in [-0.05, 0) is 38.5 Å². The summed E-state index contributed by atoms with van der Waals surface area (Å²) in [7, 11) is 1.27. The molecule has 0 aliphatic heterocycles. The van der Waals surface area contributed by atoms with E-state index in [-0.39, 0.29) is 5.92 Å². The van der Waals surface area contributed by atoms with Gasteiger partial charge in [-0.3, -0.25) is 4.79 Å². The Hall–Kier alpha value is -1.40. The molecule has 3 N–H and O–H groups in total. The quantitative estimate of drug-likeness (QED) is 0.493. The molecular weight excluding hydrogens is 262 g/mol. The zero-order valence-corrected chi connectivity index (χ0v) is 12.0. The van der Waals surface area contributed by atoms with Gasteiger partial charge >= 0.3 is 5.97 Å². The predicted octanol–water partition coefficient (Wildman–Crippen LogP) is 0.132. The maximum atomic E-state index is 11.7. The summed E-state index contributed by atoms with van der Waals surface area (Å²) in [5.41, 5.74) is 0.318. The van der Waals surface area contributed by atoms with E-state index in [1.54, 1.807) is 6.92 Å². The summed E-state index contributed by atoms with van der Waals surface area (Å²) in [5.74, 6) is -0.847. The molecule has 1 fully saturated rings. The minimum absolute atomic E-state index is 0.0583. The molecule has 114 valence electrons. The number of aliphatic hydroxyl groups excluding tert-OH is 2. The maximum Gasteiger partial charge on any atom is 0.328 e. The summed E-state index contributed by atoms with van der Waals surface area (Å²) in [5, 5.41) is 21.7. The van der Waals surface area contributed by atoms with Crippen molar-refractivity contribution in [1.29, 1.82) is 0 Å².